The summed E-state index contributed by atoms with van der Waals surface area (Å²) in [7, 11) is 0. The van der Waals surface area contributed by atoms with E-state index in [0.717, 1.165) is 37.9 Å². The molecule has 0 fully saturated rings. The lowest BCUT2D eigenvalue weighted by atomic mass is 9.97. The van der Waals surface area contributed by atoms with E-state index in [9.17, 15) is 4.79 Å². The lowest BCUT2D eigenvalue weighted by molar-refractivity contribution is 0.153. The molecule has 0 aromatic heterocycles. The second-order valence-corrected chi connectivity index (χ2v) is 7.54. The lowest BCUT2D eigenvalue weighted by Crippen LogP contribution is -2.14. The largest absolute Gasteiger partial charge is 0.519 e. The van der Waals surface area contributed by atoms with Crippen molar-refractivity contribution in [2.45, 2.75) is 13.8 Å². The van der Waals surface area contributed by atoms with Crippen molar-refractivity contribution in [2.24, 2.45) is 0 Å². The van der Waals surface area contributed by atoms with Crippen molar-refractivity contribution in [3.63, 3.8) is 0 Å². The van der Waals surface area contributed by atoms with Gasteiger partial charge in [-0.05, 0) is 47.7 Å². The molecule has 0 amide bonds. The third-order valence-electron chi connectivity index (χ3n) is 5.38. The van der Waals surface area contributed by atoms with Crippen LogP contribution in [0.5, 0.6) is 11.5 Å². The zero-order valence-electron chi connectivity index (χ0n) is 16.8. The molecule has 0 spiro atoms. The molecule has 0 bridgehead atoms. The highest BCUT2D eigenvalue weighted by Crippen LogP contribution is 2.38. The quantitative estimate of drug-likeness (QED) is 0.179. The number of fused-ring (bicyclic) bond motifs is 3. The molecule has 0 radical (unpaired) electrons. The van der Waals surface area contributed by atoms with Crippen LogP contribution in [0.25, 0.3) is 32.3 Å². The molecule has 5 rings (SSSR count). The molecule has 30 heavy (non-hydrogen) atoms. The first kappa shape index (κ1) is 18.2. The van der Waals surface area contributed by atoms with Crippen molar-refractivity contribution < 1.29 is 14.3 Å². The second kappa shape index (κ2) is 7.20. The standard InChI is InChI=1S/C27H20O3/c1-17-14-18(2)25-21(15-17)16-20-9-4-6-12-23(20)26(25)30-27(28)29-24-13-7-10-19-8-3-5-11-22(19)24/h3-16H,1-2H3. The van der Waals surface area contributed by atoms with Crippen molar-refractivity contribution in [3.05, 3.63) is 96.1 Å². The third-order valence-corrected chi connectivity index (χ3v) is 5.38. The minimum Gasteiger partial charge on any atom is -0.394 e. The first-order valence-electron chi connectivity index (χ1n) is 9.90. The summed E-state index contributed by atoms with van der Waals surface area (Å²) in [5.41, 5.74) is 2.23. The Morgan fingerprint density at radius 1 is 0.667 bits per heavy atom. The fraction of sp³-hybridized carbons (Fsp3) is 0.0741. The normalized spacial score (nSPS) is 11.1. The zero-order chi connectivity index (χ0) is 20.7. The molecule has 0 aliphatic heterocycles. The summed E-state index contributed by atoms with van der Waals surface area (Å²) in [6.45, 7) is 4.10. The maximum absolute atomic E-state index is 12.8. The molecular formula is C27H20O3. The molecule has 0 N–H and O–H groups in total. The fourth-order valence-electron chi connectivity index (χ4n) is 4.14. The SMILES string of the molecule is Cc1cc(C)c2c(OC(=O)Oc3cccc4ccccc34)c3ccccc3cc2c1. The molecule has 5 aromatic rings. The van der Waals surface area contributed by atoms with E-state index in [4.69, 9.17) is 9.47 Å². The van der Waals surface area contributed by atoms with Gasteiger partial charge in [-0.15, -0.1) is 0 Å². The summed E-state index contributed by atoms with van der Waals surface area (Å²) < 4.78 is 11.5. The molecular weight excluding hydrogens is 372 g/mol. The van der Waals surface area contributed by atoms with Crippen LogP contribution < -0.4 is 9.47 Å². The number of ether oxygens (including phenoxy) is 2. The van der Waals surface area contributed by atoms with Gasteiger partial charge in [-0.2, -0.15) is 0 Å². The van der Waals surface area contributed by atoms with Gasteiger partial charge >= 0.3 is 6.16 Å². The molecule has 0 aliphatic carbocycles. The van der Waals surface area contributed by atoms with E-state index in [-0.39, 0.29) is 0 Å². The number of hydrogen-bond donors (Lipinski definition) is 0. The van der Waals surface area contributed by atoms with Crippen LogP contribution in [0.15, 0.2) is 84.9 Å². The molecule has 0 aliphatic rings. The number of benzene rings is 5. The number of aryl methyl sites for hydroxylation is 2. The highest BCUT2D eigenvalue weighted by molar-refractivity contribution is 6.07. The van der Waals surface area contributed by atoms with E-state index in [1.807, 2.05) is 67.6 Å². The Bertz CT molecular complexity index is 1430. The first-order valence-corrected chi connectivity index (χ1v) is 9.90. The molecule has 3 nitrogen and oxygen atoms in total. The zero-order valence-corrected chi connectivity index (χ0v) is 16.8. The van der Waals surface area contributed by atoms with Gasteiger partial charge in [0.1, 0.15) is 11.5 Å². The van der Waals surface area contributed by atoms with Crippen LogP contribution in [0.4, 0.5) is 4.79 Å². The van der Waals surface area contributed by atoms with Crippen LogP contribution in [0.3, 0.4) is 0 Å². The summed E-state index contributed by atoms with van der Waals surface area (Å²) in [4.78, 5) is 12.8. The Labute approximate surface area is 174 Å². The van der Waals surface area contributed by atoms with E-state index in [1.54, 1.807) is 6.07 Å². The van der Waals surface area contributed by atoms with Crippen LogP contribution in [-0.4, -0.2) is 6.16 Å². The lowest BCUT2D eigenvalue weighted by Gasteiger charge is -2.15. The van der Waals surface area contributed by atoms with Crippen LogP contribution in [0, 0.1) is 13.8 Å². The summed E-state index contributed by atoms with van der Waals surface area (Å²) >= 11 is 0. The van der Waals surface area contributed by atoms with Gasteiger partial charge in [-0.25, -0.2) is 4.79 Å². The van der Waals surface area contributed by atoms with Crippen LogP contribution >= 0.6 is 0 Å². The molecule has 0 unspecified atom stereocenters. The van der Waals surface area contributed by atoms with E-state index < -0.39 is 6.16 Å². The minimum absolute atomic E-state index is 0.482. The van der Waals surface area contributed by atoms with Crippen LogP contribution in [-0.2, 0) is 0 Å². The molecule has 0 saturated heterocycles. The van der Waals surface area contributed by atoms with Crippen molar-refractivity contribution in [3.8, 4) is 11.5 Å². The summed E-state index contributed by atoms with van der Waals surface area (Å²) in [6, 6.07) is 27.7. The van der Waals surface area contributed by atoms with E-state index in [2.05, 4.69) is 25.1 Å². The smallest absolute Gasteiger partial charge is 0.394 e. The van der Waals surface area contributed by atoms with Crippen molar-refractivity contribution in [1.82, 2.24) is 0 Å². The molecule has 0 atom stereocenters. The Morgan fingerprint density at radius 2 is 1.37 bits per heavy atom. The van der Waals surface area contributed by atoms with Gasteiger partial charge < -0.3 is 9.47 Å². The van der Waals surface area contributed by atoms with E-state index >= 15 is 0 Å². The van der Waals surface area contributed by atoms with Gasteiger partial charge in [0.15, 0.2) is 0 Å². The maximum Gasteiger partial charge on any atom is 0.519 e. The van der Waals surface area contributed by atoms with E-state index in [1.165, 1.54) is 5.56 Å². The predicted molar refractivity (Wildman–Crippen MR) is 122 cm³/mol. The Kier molecular flexibility index (Phi) is 4.36. The predicted octanol–water partition coefficient (Wildman–Crippen LogP) is 7.34. The van der Waals surface area contributed by atoms with Gasteiger partial charge in [-0.1, -0.05) is 78.4 Å². The van der Waals surface area contributed by atoms with Crippen molar-refractivity contribution in [1.29, 1.82) is 0 Å². The number of hydrogen-bond acceptors (Lipinski definition) is 3. The van der Waals surface area contributed by atoms with Gasteiger partial charge in [-0.3, -0.25) is 0 Å². The fourth-order valence-corrected chi connectivity index (χ4v) is 4.14. The Balaban J connectivity index is 1.61. The van der Waals surface area contributed by atoms with Crippen molar-refractivity contribution in [2.75, 3.05) is 0 Å². The highest BCUT2D eigenvalue weighted by Gasteiger charge is 2.17. The molecule has 5 aromatic carbocycles. The Hall–Kier alpha value is -3.85. The summed E-state index contributed by atoms with van der Waals surface area (Å²) in [6.07, 6.45) is -0.746. The first-order chi connectivity index (χ1) is 14.6. The summed E-state index contributed by atoms with van der Waals surface area (Å²) in [5, 5.41) is 5.74. The minimum atomic E-state index is -0.746. The molecule has 3 heteroatoms. The van der Waals surface area contributed by atoms with Gasteiger partial charge in [0.25, 0.3) is 0 Å². The number of carbonyl (C=O) groups excluding carboxylic acids is 1. The molecule has 146 valence electrons. The Morgan fingerprint density at radius 3 is 2.20 bits per heavy atom. The maximum atomic E-state index is 12.8. The number of rotatable bonds is 2. The van der Waals surface area contributed by atoms with Gasteiger partial charge in [0.05, 0.1) is 0 Å². The van der Waals surface area contributed by atoms with Gasteiger partial charge in [0.2, 0.25) is 0 Å². The molecule has 0 saturated carbocycles. The monoisotopic (exact) mass is 392 g/mol. The summed E-state index contributed by atoms with van der Waals surface area (Å²) in [5.74, 6) is 1.01. The van der Waals surface area contributed by atoms with Crippen molar-refractivity contribution >= 4 is 38.5 Å². The molecule has 0 heterocycles. The third kappa shape index (κ3) is 3.15. The van der Waals surface area contributed by atoms with Gasteiger partial charge in [0, 0.05) is 16.2 Å². The average molecular weight is 392 g/mol. The number of carbonyl (C=O) groups is 1. The average Bonchev–Trinajstić information content (AvgIpc) is 2.73. The van der Waals surface area contributed by atoms with Crippen LogP contribution in [0.1, 0.15) is 11.1 Å². The highest BCUT2D eigenvalue weighted by atomic mass is 16.7. The topological polar surface area (TPSA) is 35.5 Å². The van der Waals surface area contributed by atoms with E-state index in [0.29, 0.717) is 11.5 Å². The second-order valence-electron chi connectivity index (χ2n) is 7.54. The van der Waals surface area contributed by atoms with Crippen LogP contribution in [0.2, 0.25) is 0 Å².